The highest BCUT2D eigenvalue weighted by atomic mass is 79.9. The van der Waals surface area contributed by atoms with Crippen LogP contribution in [0.25, 0.3) is 21.6 Å². The highest BCUT2D eigenvalue weighted by molar-refractivity contribution is 9.10. The third kappa shape index (κ3) is 2.86. The van der Waals surface area contributed by atoms with Gasteiger partial charge in [0.2, 0.25) is 0 Å². The lowest BCUT2D eigenvalue weighted by Gasteiger charge is -2.03. The van der Waals surface area contributed by atoms with Crippen molar-refractivity contribution >= 4 is 38.2 Å². The van der Waals surface area contributed by atoms with E-state index < -0.39 is 0 Å². The second-order valence-corrected chi connectivity index (χ2v) is 6.72. The van der Waals surface area contributed by atoms with Crippen LogP contribution in [0.3, 0.4) is 0 Å². The van der Waals surface area contributed by atoms with Gasteiger partial charge in [-0.2, -0.15) is 0 Å². The minimum Gasteiger partial charge on any atom is -0.315 e. The maximum atomic E-state index is 4.77. The average Bonchev–Trinajstić information content (AvgIpc) is 2.90. The van der Waals surface area contributed by atoms with Gasteiger partial charge in [-0.15, -0.1) is 11.3 Å². The first-order valence-corrected chi connectivity index (χ1v) is 8.52. The van der Waals surface area contributed by atoms with E-state index >= 15 is 0 Å². The molecule has 3 nitrogen and oxygen atoms in total. The summed E-state index contributed by atoms with van der Waals surface area (Å²) in [6.45, 7) is 2.99. The Balaban J connectivity index is 2.13. The summed E-state index contributed by atoms with van der Waals surface area (Å²) < 4.78 is 0.994. The Kier molecular flexibility index (Phi) is 4.33. The number of rotatable bonds is 4. The second kappa shape index (κ2) is 6.22. The molecule has 0 atom stereocenters. The van der Waals surface area contributed by atoms with Crippen molar-refractivity contribution in [1.29, 1.82) is 0 Å². The number of aromatic nitrogens is 2. The molecule has 0 amide bonds. The predicted octanol–water partition coefficient (Wildman–Crippen LogP) is 4.40. The Morgan fingerprint density at radius 2 is 2.05 bits per heavy atom. The fraction of sp³-hybridized carbons (Fsp3) is 0.250. The smallest absolute Gasteiger partial charge is 0.143 e. The molecule has 0 spiro atoms. The van der Waals surface area contributed by atoms with Crippen LogP contribution in [0.1, 0.15) is 17.5 Å². The van der Waals surface area contributed by atoms with Crippen LogP contribution < -0.4 is 5.32 Å². The van der Waals surface area contributed by atoms with E-state index in [1.165, 1.54) is 4.88 Å². The molecular weight excluding hydrogens is 346 g/mol. The largest absolute Gasteiger partial charge is 0.315 e. The molecule has 0 aliphatic rings. The fourth-order valence-electron chi connectivity index (χ4n) is 2.30. The minimum atomic E-state index is 0.853. The first-order valence-electron chi connectivity index (χ1n) is 6.91. The van der Waals surface area contributed by atoms with Gasteiger partial charge in [0.05, 0.1) is 11.2 Å². The van der Waals surface area contributed by atoms with Crippen LogP contribution in [-0.4, -0.2) is 17.0 Å². The lowest BCUT2D eigenvalue weighted by molar-refractivity contribution is 0.814. The number of para-hydroxylation sites is 1. The van der Waals surface area contributed by atoms with Gasteiger partial charge in [0.1, 0.15) is 10.7 Å². The lowest BCUT2D eigenvalue weighted by atomic mass is 10.2. The molecule has 0 aliphatic carbocycles. The zero-order chi connectivity index (χ0) is 14.8. The zero-order valence-electron chi connectivity index (χ0n) is 12.0. The van der Waals surface area contributed by atoms with Crippen molar-refractivity contribution in [2.75, 3.05) is 7.05 Å². The Morgan fingerprint density at radius 3 is 2.81 bits per heavy atom. The average molecular weight is 362 g/mol. The third-order valence-electron chi connectivity index (χ3n) is 3.33. The number of pyridine rings is 1. The van der Waals surface area contributed by atoms with Gasteiger partial charge in [0, 0.05) is 21.3 Å². The van der Waals surface area contributed by atoms with Crippen molar-refractivity contribution in [3.8, 4) is 10.7 Å². The number of benzene rings is 1. The summed E-state index contributed by atoms with van der Waals surface area (Å²) in [6, 6.07) is 10.3. The highest BCUT2D eigenvalue weighted by Gasteiger charge is 2.15. The summed E-state index contributed by atoms with van der Waals surface area (Å²) in [4.78, 5) is 10.8. The standard InChI is InChI=1S/C16H16BrN3S/c1-3-12-14(9-18-2)21-16(20-12)15-11(17)8-10-6-4-5-7-13(10)19-15/h4-8,18H,3,9H2,1-2H3. The summed E-state index contributed by atoms with van der Waals surface area (Å²) >= 11 is 5.36. The molecule has 5 heteroatoms. The van der Waals surface area contributed by atoms with Crippen LogP contribution in [0.4, 0.5) is 0 Å². The molecule has 0 aliphatic heterocycles. The van der Waals surface area contributed by atoms with E-state index in [2.05, 4.69) is 40.3 Å². The second-order valence-electron chi connectivity index (χ2n) is 4.78. The molecule has 3 aromatic rings. The lowest BCUT2D eigenvalue weighted by Crippen LogP contribution is -2.05. The Bertz CT molecular complexity index is 782. The number of aryl methyl sites for hydroxylation is 1. The van der Waals surface area contributed by atoms with Gasteiger partial charge in [0.15, 0.2) is 0 Å². The SMILES string of the molecule is CCc1nc(-c2nc3ccccc3cc2Br)sc1CNC. The van der Waals surface area contributed by atoms with E-state index in [1.807, 2.05) is 25.2 Å². The van der Waals surface area contributed by atoms with Crippen LogP contribution >= 0.6 is 27.3 Å². The number of hydrogen-bond donors (Lipinski definition) is 1. The number of hydrogen-bond acceptors (Lipinski definition) is 4. The van der Waals surface area contributed by atoms with Crippen molar-refractivity contribution in [2.45, 2.75) is 19.9 Å². The zero-order valence-corrected chi connectivity index (χ0v) is 14.4. The molecule has 0 unspecified atom stereocenters. The molecule has 0 saturated heterocycles. The maximum Gasteiger partial charge on any atom is 0.143 e. The molecule has 2 heterocycles. The normalized spacial score (nSPS) is 11.2. The summed E-state index contributed by atoms with van der Waals surface area (Å²) in [6.07, 6.45) is 0.943. The van der Waals surface area contributed by atoms with Crippen LogP contribution in [0.15, 0.2) is 34.8 Å². The van der Waals surface area contributed by atoms with E-state index in [4.69, 9.17) is 9.97 Å². The molecule has 1 aromatic carbocycles. The van der Waals surface area contributed by atoms with Crippen LogP contribution in [-0.2, 0) is 13.0 Å². The summed E-state index contributed by atoms with van der Waals surface area (Å²) in [5.41, 5.74) is 3.08. The molecule has 108 valence electrons. The van der Waals surface area contributed by atoms with Gasteiger partial charge in [-0.3, -0.25) is 0 Å². The summed E-state index contributed by atoms with van der Waals surface area (Å²) in [7, 11) is 1.96. The van der Waals surface area contributed by atoms with E-state index in [0.29, 0.717) is 0 Å². The van der Waals surface area contributed by atoms with E-state index in [-0.39, 0.29) is 0 Å². The van der Waals surface area contributed by atoms with E-state index in [0.717, 1.165) is 44.7 Å². The summed E-state index contributed by atoms with van der Waals surface area (Å²) in [5.74, 6) is 0. The molecule has 1 N–H and O–H groups in total. The molecular formula is C16H16BrN3S. The highest BCUT2D eigenvalue weighted by Crippen LogP contribution is 2.34. The Labute approximate surface area is 136 Å². The first kappa shape index (κ1) is 14.6. The monoisotopic (exact) mass is 361 g/mol. The van der Waals surface area contributed by atoms with Crippen molar-refractivity contribution in [2.24, 2.45) is 0 Å². The number of nitrogens with zero attached hydrogens (tertiary/aromatic N) is 2. The van der Waals surface area contributed by atoms with Gasteiger partial charge in [-0.25, -0.2) is 9.97 Å². The topological polar surface area (TPSA) is 37.8 Å². The number of nitrogens with one attached hydrogen (secondary N) is 1. The van der Waals surface area contributed by atoms with Gasteiger partial charge >= 0.3 is 0 Å². The van der Waals surface area contributed by atoms with Gasteiger partial charge in [0.25, 0.3) is 0 Å². The van der Waals surface area contributed by atoms with Crippen molar-refractivity contribution in [3.63, 3.8) is 0 Å². The predicted molar refractivity (Wildman–Crippen MR) is 92.7 cm³/mol. The quantitative estimate of drug-likeness (QED) is 0.748. The third-order valence-corrected chi connectivity index (χ3v) is 5.04. The van der Waals surface area contributed by atoms with Crippen molar-refractivity contribution in [1.82, 2.24) is 15.3 Å². The van der Waals surface area contributed by atoms with Gasteiger partial charge < -0.3 is 5.32 Å². The van der Waals surface area contributed by atoms with Crippen LogP contribution in [0.2, 0.25) is 0 Å². The number of thiazole rings is 1. The van der Waals surface area contributed by atoms with Crippen molar-refractivity contribution in [3.05, 3.63) is 45.4 Å². The van der Waals surface area contributed by atoms with Crippen molar-refractivity contribution < 1.29 is 0 Å². The molecule has 0 bridgehead atoms. The molecule has 21 heavy (non-hydrogen) atoms. The van der Waals surface area contributed by atoms with Crippen LogP contribution in [0, 0.1) is 0 Å². The van der Waals surface area contributed by atoms with E-state index in [1.54, 1.807) is 11.3 Å². The molecule has 0 saturated carbocycles. The summed E-state index contributed by atoms with van der Waals surface area (Å²) in [5, 5.41) is 5.32. The molecule has 2 aromatic heterocycles. The molecule has 0 fully saturated rings. The van der Waals surface area contributed by atoms with Crippen LogP contribution in [0.5, 0.6) is 0 Å². The fourth-order valence-corrected chi connectivity index (χ4v) is 4.12. The minimum absolute atomic E-state index is 0.853. The Morgan fingerprint density at radius 1 is 1.24 bits per heavy atom. The first-order chi connectivity index (χ1) is 10.2. The Hall–Kier alpha value is -1.30. The molecule has 0 radical (unpaired) electrons. The number of halogens is 1. The number of fused-ring (bicyclic) bond motifs is 1. The maximum absolute atomic E-state index is 4.77. The molecule has 3 rings (SSSR count). The van der Waals surface area contributed by atoms with E-state index in [9.17, 15) is 0 Å². The van der Waals surface area contributed by atoms with Gasteiger partial charge in [-0.1, -0.05) is 25.1 Å². The van der Waals surface area contributed by atoms with Gasteiger partial charge in [-0.05, 0) is 41.5 Å².